The number of aliphatic imine (C=N–C) groups is 2. The summed E-state index contributed by atoms with van der Waals surface area (Å²) in [6, 6.07) is 2.83. The van der Waals surface area contributed by atoms with E-state index < -0.39 is 5.54 Å². The van der Waals surface area contributed by atoms with E-state index >= 15 is 0 Å². The second-order valence-corrected chi connectivity index (χ2v) is 10.7. The van der Waals surface area contributed by atoms with Gasteiger partial charge in [-0.3, -0.25) is 9.63 Å². The van der Waals surface area contributed by atoms with Crippen molar-refractivity contribution in [3.05, 3.63) is 0 Å². The predicted molar refractivity (Wildman–Crippen MR) is 133 cm³/mol. The Morgan fingerprint density at radius 3 is 2.42 bits per heavy atom. The van der Waals surface area contributed by atoms with Crippen LogP contribution in [0.4, 0.5) is 0 Å². The topological polar surface area (TPSA) is 99.6 Å². The van der Waals surface area contributed by atoms with Crippen molar-refractivity contribution >= 4 is 11.9 Å². The molecule has 0 spiro atoms. The number of amides is 1. The van der Waals surface area contributed by atoms with Crippen LogP contribution in [0.1, 0.15) is 81.1 Å². The molecule has 1 fully saturated rings. The van der Waals surface area contributed by atoms with Crippen LogP contribution in [0.3, 0.4) is 0 Å². The number of rotatable bonds is 14. The fourth-order valence-corrected chi connectivity index (χ4v) is 4.31. The normalized spacial score (nSPS) is 19.5. The van der Waals surface area contributed by atoms with Crippen LogP contribution in [0.15, 0.2) is 9.98 Å². The average Bonchev–Trinajstić information content (AvgIpc) is 2.68. The van der Waals surface area contributed by atoms with Crippen molar-refractivity contribution in [2.24, 2.45) is 9.98 Å². The van der Waals surface area contributed by atoms with E-state index in [1.807, 2.05) is 6.92 Å². The van der Waals surface area contributed by atoms with Gasteiger partial charge in [-0.1, -0.05) is 6.92 Å². The molecular formula is C24H48N6O3. The summed E-state index contributed by atoms with van der Waals surface area (Å²) >= 11 is 0. The highest BCUT2D eigenvalue weighted by molar-refractivity contribution is 5.86. The highest BCUT2D eigenvalue weighted by Crippen LogP contribution is 2.38. The van der Waals surface area contributed by atoms with Crippen LogP contribution in [-0.4, -0.2) is 79.0 Å². The van der Waals surface area contributed by atoms with E-state index in [0.29, 0.717) is 6.61 Å². The molecule has 1 aliphatic heterocycles. The van der Waals surface area contributed by atoms with Gasteiger partial charge in [0.05, 0.1) is 25.8 Å². The molecule has 1 amide bonds. The number of hydrogen-bond donors (Lipinski definition) is 3. The maximum absolute atomic E-state index is 13.0. The molecule has 0 aromatic heterocycles. The summed E-state index contributed by atoms with van der Waals surface area (Å²) in [5.41, 5.74) is 1.49. The number of hydrogen-bond acceptors (Lipinski definition) is 8. The van der Waals surface area contributed by atoms with Crippen LogP contribution in [-0.2, 0) is 14.5 Å². The van der Waals surface area contributed by atoms with Crippen LogP contribution >= 0.6 is 0 Å². The van der Waals surface area contributed by atoms with Gasteiger partial charge in [-0.2, -0.15) is 5.06 Å². The lowest BCUT2D eigenvalue weighted by molar-refractivity contribution is -0.283. The zero-order valence-electron chi connectivity index (χ0n) is 22.4. The molecule has 9 heteroatoms. The Kier molecular flexibility index (Phi) is 12.2. The first-order valence-corrected chi connectivity index (χ1v) is 12.2. The molecule has 1 unspecified atom stereocenters. The summed E-state index contributed by atoms with van der Waals surface area (Å²) < 4.78 is 0. The molecule has 0 aromatic carbocycles. The molecule has 9 nitrogen and oxygen atoms in total. The monoisotopic (exact) mass is 468 g/mol. The third-order valence-electron chi connectivity index (χ3n) is 5.73. The highest BCUT2D eigenvalue weighted by atomic mass is 16.7. The summed E-state index contributed by atoms with van der Waals surface area (Å²) in [6.07, 6.45) is 3.55. The molecule has 1 atom stereocenters. The van der Waals surface area contributed by atoms with E-state index in [2.05, 4.69) is 71.8 Å². The lowest BCUT2D eigenvalue weighted by atomic mass is 9.78. The Morgan fingerprint density at radius 1 is 1.21 bits per heavy atom. The minimum atomic E-state index is -0.938. The van der Waals surface area contributed by atoms with Gasteiger partial charge in [0.15, 0.2) is 0 Å². The largest absolute Gasteiger partial charge is 0.351 e. The minimum Gasteiger partial charge on any atom is -0.351 e. The first kappa shape index (κ1) is 29.7. The zero-order valence-corrected chi connectivity index (χ0v) is 22.4. The molecule has 1 saturated heterocycles. The van der Waals surface area contributed by atoms with Crippen molar-refractivity contribution in [1.82, 2.24) is 21.2 Å². The van der Waals surface area contributed by atoms with Gasteiger partial charge in [-0.05, 0) is 80.7 Å². The van der Waals surface area contributed by atoms with E-state index in [0.717, 1.165) is 45.3 Å². The second kappa shape index (κ2) is 13.5. The van der Waals surface area contributed by atoms with Crippen molar-refractivity contribution in [3.63, 3.8) is 0 Å². The van der Waals surface area contributed by atoms with Crippen LogP contribution in [0, 0.1) is 0 Å². The molecule has 1 heterocycles. The number of hydroxylamine groups is 3. The number of carbonyl (C=O) groups excluding carboxylic acids is 1. The molecule has 0 saturated carbocycles. The van der Waals surface area contributed by atoms with Crippen molar-refractivity contribution in [1.29, 1.82) is 0 Å². The highest BCUT2D eigenvalue weighted by Gasteiger charge is 2.47. The quantitative estimate of drug-likeness (QED) is 0.206. The van der Waals surface area contributed by atoms with Crippen LogP contribution in [0.25, 0.3) is 0 Å². The van der Waals surface area contributed by atoms with Crippen molar-refractivity contribution < 1.29 is 14.5 Å². The maximum atomic E-state index is 13.0. The Bertz CT molecular complexity index is 641. The fraction of sp³-hybridized carbons (Fsp3) is 0.917. The second-order valence-electron chi connectivity index (χ2n) is 10.7. The van der Waals surface area contributed by atoms with E-state index in [9.17, 15) is 4.79 Å². The molecule has 1 aliphatic rings. The van der Waals surface area contributed by atoms with Gasteiger partial charge >= 0.3 is 0 Å². The smallest absolute Gasteiger partial charge is 0.248 e. The Morgan fingerprint density at radius 2 is 1.85 bits per heavy atom. The van der Waals surface area contributed by atoms with Crippen LogP contribution < -0.4 is 16.1 Å². The number of piperidine rings is 1. The maximum Gasteiger partial charge on any atom is 0.248 e. The minimum absolute atomic E-state index is 0.0250. The molecule has 192 valence electrons. The predicted octanol–water partition coefficient (Wildman–Crippen LogP) is 2.94. The molecule has 33 heavy (non-hydrogen) atoms. The molecule has 0 radical (unpaired) electrons. The molecular weight excluding hydrogens is 420 g/mol. The van der Waals surface area contributed by atoms with Crippen molar-refractivity contribution in [2.75, 3.05) is 33.4 Å². The lowest BCUT2D eigenvalue weighted by Gasteiger charge is -2.54. The van der Waals surface area contributed by atoms with Gasteiger partial charge in [0.25, 0.3) is 0 Å². The summed E-state index contributed by atoms with van der Waals surface area (Å²) in [5.74, 6) is -0.110. The Hall–Kier alpha value is -1.35. The zero-order chi connectivity index (χ0) is 25.1. The van der Waals surface area contributed by atoms with Crippen molar-refractivity contribution in [2.45, 2.75) is 110 Å². The van der Waals surface area contributed by atoms with Gasteiger partial charge in [0, 0.05) is 30.2 Å². The fourth-order valence-electron chi connectivity index (χ4n) is 4.31. The molecule has 0 aromatic rings. The van der Waals surface area contributed by atoms with Gasteiger partial charge in [0.1, 0.15) is 5.54 Å². The summed E-state index contributed by atoms with van der Waals surface area (Å²) in [4.78, 5) is 32.6. The van der Waals surface area contributed by atoms with Crippen LogP contribution in [0.2, 0.25) is 0 Å². The van der Waals surface area contributed by atoms with E-state index in [-0.39, 0.29) is 29.1 Å². The van der Waals surface area contributed by atoms with Crippen molar-refractivity contribution in [3.8, 4) is 0 Å². The molecule has 0 bridgehead atoms. The van der Waals surface area contributed by atoms with Gasteiger partial charge in [-0.15, -0.1) is 0 Å². The number of nitrogens with zero attached hydrogens (tertiary/aromatic N) is 3. The third kappa shape index (κ3) is 10.2. The first-order valence-electron chi connectivity index (χ1n) is 12.2. The first-order chi connectivity index (χ1) is 15.4. The lowest BCUT2D eigenvalue weighted by Crippen LogP contribution is -2.64. The van der Waals surface area contributed by atoms with E-state index in [4.69, 9.17) is 9.68 Å². The number of nitrogens with one attached hydrogen (secondary N) is 3. The Labute approximate surface area is 201 Å². The molecule has 1 rings (SSSR count). The van der Waals surface area contributed by atoms with E-state index in [1.54, 1.807) is 21.0 Å². The van der Waals surface area contributed by atoms with Gasteiger partial charge in [0.2, 0.25) is 5.91 Å². The van der Waals surface area contributed by atoms with E-state index in [1.165, 1.54) is 0 Å². The van der Waals surface area contributed by atoms with Crippen LogP contribution in [0.5, 0.6) is 0 Å². The molecule has 0 aliphatic carbocycles. The summed E-state index contributed by atoms with van der Waals surface area (Å²) in [5, 5.41) is 8.67. The average molecular weight is 469 g/mol. The molecule has 3 N–H and O–H groups in total. The summed E-state index contributed by atoms with van der Waals surface area (Å²) in [7, 11) is 1.61. The summed E-state index contributed by atoms with van der Waals surface area (Å²) in [6.45, 7) is 19.5. The Balaban J connectivity index is 2.62. The number of carbonyl (C=O) groups is 1. The standard InChI is InChI=1S/C24H48N6O3/c1-10-14-33-30-22(3,4)15-20(16-23(30,5)6)29-21(31)24(7,8)27-18-26-19(2)17-25-12-11-13-28-32-9/h19-20,25,28H,10-17H2,1-9H3,(H,29,31). The van der Waals surface area contributed by atoms with Gasteiger partial charge < -0.3 is 15.5 Å². The van der Waals surface area contributed by atoms with Gasteiger partial charge in [-0.25, -0.2) is 15.5 Å². The third-order valence-corrected chi connectivity index (χ3v) is 5.73. The SMILES string of the molecule is CCCON1C(C)(C)CC(NC(=O)C(C)(C)N=C=NC(C)CNCCCNOC)CC1(C)C.